The van der Waals surface area contributed by atoms with E-state index in [-0.39, 0.29) is 11.9 Å². The minimum Gasteiger partial charge on any atom is -0.356 e. The average molecular weight is 171 g/mol. The summed E-state index contributed by atoms with van der Waals surface area (Å²) in [5.41, 5.74) is 4.95. The van der Waals surface area contributed by atoms with Crippen LogP contribution < -0.4 is 16.4 Å². The topological polar surface area (TPSA) is 84.2 Å². The van der Waals surface area contributed by atoms with E-state index < -0.39 is 6.03 Å². The number of amides is 3. The molecule has 0 aromatic heterocycles. The van der Waals surface area contributed by atoms with Gasteiger partial charge in [-0.25, -0.2) is 4.79 Å². The Morgan fingerprint density at radius 1 is 1.58 bits per heavy atom. The number of hydrogen-bond donors (Lipinski definition) is 3. The molecule has 1 saturated heterocycles. The van der Waals surface area contributed by atoms with E-state index in [1.54, 1.807) is 0 Å². The molecule has 1 heterocycles. The van der Waals surface area contributed by atoms with Gasteiger partial charge in [0.25, 0.3) is 0 Å². The summed E-state index contributed by atoms with van der Waals surface area (Å²) >= 11 is 0. The summed E-state index contributed by atoms with van der Waals surface area (Å²) in [5, 5.41) is 5.31. The summed E-state index contributed by atoms with van der Waals surface area (Å²) < 4.78 is 0. The summed E-state index contributed by atoms with van der Waals surface area (Å²) in [7, 11) is 0. The second-order valence-electron chi connectivity index (χ2n) is 2.88. The number of nitrogens with two attached hydrogens (primary N) is 1. The minimum atomic E-state index is -0.519. The molecular formula is C7H13N3O2. The van der Waals surface area contributed by atoms with Gasteiger partial charge in [0.15, 0.2) is 0 Å². The van der Waals surface area contributed by atoms with Crippen LogP contribution in [-0.4, -0.2) is 24.5 Å². The van der Waals surface area contributed by atoms with Crippen molar-refractivity contribution >= 4 is 11.9 Å². The number of carbonyl (C=O) groups is 2. The Bertz CT molecular complexity index is 193. The summed E-state index contributed by atoms with van der Waals surface area (Å²) in [6, 6.07) is -0.476. The molecule has 5 nitrogen and oxygen atoms in total. The molecule has 12 heavy (non-hydrogen) atoms. The first-order valence-electron chi connectivity index (χ1n) is 4.01. The third-order valence-electron chi connectivity index (χ3n) is 1.88. The zero-order valence-electron chi connectivity index (χ0n) is 6.80. The molecule has 1 aliphatic heterocycles. The van der Waals surface area contributed by atoms with Gasteiger partial charge in [-0.3, -0.25) is 4.79 Å². The molecule has 1 unspecified atom stereocenters. The van der Waals surface area contributed by atoms with Crippen LogP contribution in [-0.2, 0) is 4.79 Å². The molecule has 4 N–H and O–H groups in total. The van der Waals surface area contributed by atoms with Crippen LogP contribution in [0.25, 0.3) is 0 Å². The lowest BCUT2D eigenvalue weighted by Gasteiger charge is -2.12. The molecule has 5 heteroatoms. The Morgan fingerprint density at radius 3 is 3.00 bits per heavy atom. The van der Waals surface area contributed by atoms with Crippen molar-refractivity contribution in [1.29, 1.82) is 0 Å². The van der Waals surface area contributed by atoms with Gasteiger partial charge in [0.2, 0.25) is 5.91 Å². The van der Waals surface area contributed by atoms with Crippen molar-refractivity contribution in [2.75, 3.05) is 6.54 Å². The first kappa shape index (κ1) is 8.83. The van der Waals surface area contributed by atoms with Crippen LogP contribution >= 0.6 is 0 Å². The molecule has 1 aliphatic rings. The fourth-order valence-electron chi connectivity index (χ4n) is 1.27. The van der Waals surface area contributed by atoms with Gasteiger partial charge in [-0.2, -0.15) is 0 Å². The third kappa shape index (κ3) is 2.77. The van der Waals surface area contributed by atoms with Crippen molar-refractivity contribution in [3.63, 3.8) is 0 Å². The molecule has 0 aliphatic carbocycles. The molecule has 68 valence electrons. The molecule has 1 fully saturated rings. The lowest BCUT2D eigenvalue weighted by molar-refractivity contribution is -0.120. The van der Waals surface area contributed by atoms with Crippen molar-refractivity contribution in [2.24, 2.45) is 5.73 Å². The average Bonchev–Trinajstić information content (AvgIpc) is 2.15. The Morgan fingerprint density at radius 2 is 2.33 bits per heavy atom. The Labute approximate surface area is 70.7 Å². The Balaban J connectivity index is 2.35. The molecule has 1 atom stereocenters. The van der Waals surface area contributed by atoms with Crippen LogP contribution in [0.15, 0.2) is 0 Å². The van der Waals surface area contributed by atoms with Gasteiger partial charge in [-0.05, 0) is 12.8 Å². The third-order valence-corrected chi connectivity index (χ3v) is 1.88. The SMILES string of the molecule is NC(=O)NC1CCNC(=O)CC1. The van der Waals surface area contributed by atoms with Gasteiger partial charge >= 0.3 is 6.03 Å². The van der Waals surface area contributed by atoms with Gasteiger partial charge in [0.05, 0.1) is 0 Å². The van der Waals surface area contributed by atoms with E-state index in [0.29, 0.717) is 19.4 Å². The number of carbonyl (C=O) groups excluding carboxylic acids is 2. The molecule has 0 radical (unpaired) electrons. The summed E-state index contributed by atoms with van der Waals surface area (Å²) in [6.07, 6.45) is 1.90. The van der Waals surface area contributed by atoms with Gasteiger partial charge in [-0.15, -0.1) is 0 Å². The van der Waals surface area contributed by atoms with Crippen LogP contribution in [0.5, 0.6) is 0 Å². The molecule has 0 spiro atoms. The quantitative estimate of drug-likeness (QED) is 0.488. The number of hydrogen-bond acceptors (Lipinski definition) is 2. The number of urea groups is 1. The molecule has 1 rings (SSSR count). The molecule has 0 aromatic carbocycles. The monoisotopic (exact) mass is 171 g/mol. The Kier molecular flexibility index (Phi) is 2.90. The van der Waals surface area contributed by atoms with Gasteiger partial charge < -0.3 is 16.4 Å². The van der Waals surface area contributed by atoms with Crippen LogP contribution in [0, 0.1) is 0 Å². The van der Waals surface area contributed by atoms with Crippen molar-refractivity contribution < 1.29 is 9.59 Å². The number of rotatable bonds is 1. The number of nitrogens with one attached hydrogen (secondary N) is 2. The van der Waals surface area contributed by atoms with Crippen LogP contribution in [0.3, 0.4) is 0 Å². The van der Waals surface area contributed by atoms with Crippen LogP contribution in [0.1, 0.15) is 19.3 Å². The maximum Gasteiger partial charge on any atom is 0.312 e. The van der Waals surface area contributed by atoms with Crippen molar-refractivity contribution in [3.05, 3.63) is 0 Å². The van der Waals surface area contributed by atoms with Gasteiger partial charge in [-0.1, -0.05) is 0 Å². The molecular weight excluding hydrogens is 158 g/mol. The minimum absolute atomic E-state index is 0.0430. The zero-order chi connectivity index (χ0) is 8.97. The largest absolute Gasteiger partial charge is 0.356 e. The summed E-state index contributed by atoms with van der Waals surface area (Å²) in [6.45, 7) is 0.615. The predicted octanol–water partition coefficient (Wildman–Crippen LogP) is -0.677. The first-order chi connectivity index (χ1) is 5.68. The smallest absolute Gasteiger partial charge is 0.312 e. The molecule has 3 amide bonds. The highest BCUT2D eigenvalue weighted by molar-refractivity contribution is 5.76. The van der Waals surface area contributed by atoms with E-state index in [4.69, 9.17) is 5.73 Å². The van der Waals surface area contributed by atoms with E-state index in [1.807, 2.05) is 0 Å². The molecule has 0 bridgehead atoms. The lowest BCUT2D eigenvalue weighted by Crippen LogP contribution is -2.38. The van der Waals surface area contributed by atoms with Gasteiger partial charge in [0.1, 0.15) is 0 Å². The first-order valence-corrected chi connectivity index (χ1v) is 4.01. The predicted molar refractivity (Wildman–Crippen MR) is 43.4 cm³/mol. The maximum absolute atomic E-state index is 10.9. The van der Waals surface area contributed by atoms with Crippen LogP contribution in [0.4, 0.5) is 4.79 Å². The highest BCUT2D eigenvalue weighted by Gasteiger charge is 2.16. The van der Waals surface area contributed by atoms with Crippen molar-refractivity contribution in [2.45, 2.75) is 25.3 Å². The van der Waals surface area contributed by atoms with E-state index >= 15 is 0 Å². The highest BCUT2D eigenvalue weighted by Crippen LogP contribution is 2.04. The van der Waals surface area contributed by atoms with E-state index in [2.05, 4.69) is 10.6 Å². The molecule has 0 saturated carbocycles. The second-order valence-corrected chi connectivity index (χ2v) is 2.88. The van der Waals surface area contributed by atoms with E-state index in [1.165, 1.54) is 0 Å². The van der Waals surface area contributed by atoms with Crippen molar-refractivity contribution in [3.8, 4) is 0 Å². The fourth-order valence-corrected chi connectivity index (χ4v) is 1.27. The summed E-state index contributed by atoms with van der Waals surface area (Å²) in [5.74, 6) is 0.0452. The van der Waals surface area contributed by atoms with Crippen LogP contribution in [0.2, 0.25) is 0 Å². The molecule has 0 aromatic rings. The fraction of sp³-hybridized carbons (Fsp3) is 0.714. The number of primary amides is 1. The zero-order valence-corrected chi connectivity index (χ0v) is 6.80. The maximum atomic E-state index is 10.9. The van der Waals surface area contributed by atoms with Crippen molar-refractivity contribution in [1.82, 2.24) is 10.6 Å². The normalized spacial score (nSPS) is 24.0. The highest BCUT2D eigenvalue weighted by atomic mass is 16.2. The van der Waals surface area contributed by atoms with E-state index in [9.17, 15) is 9.59 Å². The van der Waals surface area contributed by atoms with Gasteiger partial charge in [0, 0.05) is 19.0 Å². The summed E-state index contributed by atoms with van der Waals surface area (Å²) in [4.78, 5) is 21.3. The second kappa shape index (κ2) is 3.94. The lowest BCUT2D eigenvalue weighted by atomic mass is 10.1. The van der Waals surface area contributed by atoms with E-state index in [0.717, 1.165) is 6.42 Å². The Hall–Kier alpha value is -1.26. The standard InChI is InChI=1S/C7H13N3O2/c8-7(12)10-5-1-2-6(11)9-4-3-5/h5H,1-4H2,(H,9,11)(H3,8,10,12).